The highest BCUT2D eigenvalue weighted by Gasteiger charge is 2.33. The van der Waals surface area contributed by atoms with E-state index in [1.165, 1.54) is 0 Å². The molecule has 0 aliphatic carbocycles. The van der Waals surface area contributed by atoms with E-state index in [9.17, 15) is 14.4 Å². The molecule has 0 bridgehead atoms. The van der Waals surface area contributed by atoms with Crippen molar-refractivity contribution in [3.8, 4) is 0 Å². The first-order valence-electron chi connectivity index (χ1n) is 9.83. The zero-order chi connectivity index (χ0) is 19.8. The maximum Gasteiger partial charge on any atom is 0.251 e. The van der Waals surface area contributed by atoms with Crippen LogP contribution in [0.25, 0.3) is 0 Å². The Morgan fingerprint density at radius 2 is 1.74 bits per heavy atom. The summed E-state index contributed by atoms with van der Waals surface area (Å²) in [4.78, 5) is 39.1. The molecule has 1 fully saturated rings. The molecule has 1 atom stereocenters. The number of benzene rings is 1. The van der Waals surface area contributed by atoms with Crippen LogP contribution in [0.5, 0.6) is 0 Å². The molecule has 0 unspecified atom stereocenters. The second-order valence-electron chi connectivity index (χ2n) is 7.53. The fraction of sp³-hybridized carbons (Fsp3) is 0.571. The summed E-state index contributed by atoms with van der Waals surface area (Å²) in [5.74, 6) is 0.109. The van der Waals surface area contributed by atoms with Gasteiger partial charge in [0.15, 0.2) is 0 Å². The summed E-state index contributed by atoms with van der Waals surface area (Å²) in [6.45, 7) is 7.76. The van der Waals surface area contributed by atoms with Crippen molar-refractivity contribution in [2.75, 3.05) is 19.6 Å². The van der Waals surface area contributed by atoms with Gasteiger partial charge in [0.05, 0.1) is 0 Å². The number of rotatable bonds is 7. The minimum absolute atomic E-state index is 0.0192. The predicted molar refractivity (Wildman–Crippen MR) is 105 cm³/mol. The van der Waals surface area contributed by atoms with Gasteiger partial charge in [0.1, 0.15) is 6.04 Å². The van der Waals surface area contributed by atoms with Crippen LogP contribution in [0.2, 0.25) is 0 Å². The third-order valence-electron chi connectivity index (χ3n) is 4.96. The van der Waals surface area contributed by atoms with Crippen LogP contribution in [0.4, 0.5) is 0 Å². The summed E-state index contributed by atoms with van der Waals surface area (Å²) < 4.78 is 0. The van der Waals surface area contributed by atoms with Gasteiger partial charge in [-0.15, -0.1) is 0 Å². The zero-order valence-corrected chi connectivity index (χ0v) is 16.5. The normalized spacial score (nSPS) is 16.1. The fourth-order valence-corrected chi connectivity index (χ4v) is 3.33. The van der Waals surface area contributed by atoms with Gasteiger partial charge in [0, 0.05) is 31.6 Å². The lowest BCUT2D eigenvalue weighted by atomic mass is 9.88. The van der Waals surface area contributed by atoms with Gasteiger partial charge in [0.2, 0.25) is 11.8 Å². The van der Waals surface area contributed by atoms with Crippen molar-refractivity contribution in [1.82, 2.24) is 15.5 Å². The van der Waals surface area contributed by atoms with Crippen molar-refractivity contribution >= 4 is 17.7 Å². The molecule has 2 rings (SSSR count). The van der Waals surface area contributed by atoms with Gasteiger partial charge < -0.3 is 15.5 Å². The van der Waals surface area contributed by atoms with Crippen LogP contribution in [0, 0.1) is 11.8 Å². The van der Waals surface area contributed by atoms with E-state index >= 15 is 0 Å². The summed E-state index contributed by atoms with van der Waals surface area (Å²) >= 11 is 0. The van der Waals surface area contributed by atoms with E-state index in [1.807, 2.05) is 31.7 Å². The lowest BCUT2D eigenvalue weighted by molar-refractivity contribution is -0.132. The van der Waals surface area contributed by atoms with Crippen LogP contribution >= 0.6 is 0 Å². The Labute approximate surface area is 161 Å². The quantitative estimate of drug-likeness (QED) is 0.769. The lowest BCUT2D eigenvalue weighted by Gasteiger charge is -2.35. The molecule has 1 saturated heterocycles. The van der Waals surface area contributed by atoms with Crippen molar-refractivity contribution in [3.05, 3.63) is 35.9 Å². The van der Waals surface area contributed by atoms with Gasteiger partial charge in [0.25, 0.3) is 5.91 Å². The zero-order valence-electron chi connectivity index (χ0n) is 16.5. The van der Waals surface area contributed by atoms with Crippen molar-refractivity contribution in [2.45, 2.75) is 46.1 Å². The second-order valence-corrected chi connectivity index (χ2v) is 7.53. The van der Waals surface area contributed by atoms with Gasteiger partial charge in [-0.05, 0) is 36.8 Å². The maximum absolute atomic E-state index is 12.8. The molecule has 148 valence electrons. The van der Waals surface area contributed by atoms with Crippen molar-refractivity contribution in [1.29, 1.82) is 0 Å². The Bertz CT molecular complexity index is 637. The first kappa shape index (κ1) is 20.9. The number of nitrogens with one attached hydrogen (secondary N) is 2. The highest BCUT2D eigenvalue weighted by Crippen LogP contribution is 2.22. The summed E-state index contributed by atoms with van der Waals surface area (Å²) in [6.07, 6.45) is 1.91. The molecule has 1 aliphatic heterocycles. The molecule has 0 radical (unpaired) electrons. The van der Waals surface area contributed by atoms with E-state index < -0.39 is 6.04 Å². The van der Waals surface area contributed by atoms with E-state index in [0.29, 0.717) is 50.4 Å². The summed E-state index contributed by atoms with van der Waals surface area (Å²) in [6, 6.07) is 8.34. The molecule has 1 aliphatic rings. The third kappa shape index (κ3) is 6.08. The second kappa shape index (κ2) is 10.1. The summed E-state index contributed by atoms with van der Waals surface area (Å²) in [5.41, 5.74) is 0.540. The lowest BCUT2D eigenvalue weighted by Crippen LogP contribution is -2.54. The van der Waals surface area contributed by atoms with Crippen LogP contribution < -0.4 is 10.6 Å². The van der Waals surface area contributed by atoms with E-state index in [4.69, 9.17) is 0 Å². The molecule has 0 spiro atoms. The Morgan fingerprint density at radius 3 is 2.30 bits per heavy atom. The molecule has 6 nitrogen and oxygen atoms in total. The van der Waals surface area contributed by atoms with Crippen molar-refractivity contribution in [2.24, 2.45) is 11.8 Å². The smallest absolute Gasteiger partial charge is 0.251 e. The molecular formula is C21H31N3O3. The van der Waals surface area contributed by atoms with Gasteiger partial charge in [-0.2, -0.15) is 0 Å². The highest BCUT2D eigenvalue weighted by molar-refractivity contribution is 5.97. The molecule has 1 aromatic carbocycles. The Hall–Kier alpha value is -2.37. The molecular weight excluding hydrogens is 342 g/mol. The topological polar surface area (TPSA) is 78.5 Å². The molecule has 1 heterocycles. The average Bonchev–Trinajstić information content (AvgIpc) is 2.70. The number of likely N-dealkylation sites (tertiary alicyclic amines) is 1. The summed E-state index contributed by atoms with van der Waals surface area (Å²) in [5, 5.41) is 5.88. The van der Waals surface area contributed by atoms with E-state index in [-0.39, 0.29) is 23.6 Å². The first-order valence-corrected chi connectivity index (χ1v) is 9.83. The largest absolute Gasteiger partial charge is 0.354 e. The number of carbonyl (C=O) groups is 3. The standard InChI is InChI=1S/C21H31N3O3/c1-4-18(25)24-12-10-16(11-13-24)19(21(27)22-14-15(2)3)23-20(26)17-8-6-5-7-9-17/h5-9,15-16,19H,4,10-14H2,1-3H3,(H,22,27)(H,23,26)/t19-/m0/s1. The molecule has 3 amide bonds. The molecule has 0 saturated carbocycles. The third-order valence-corrected chi connectivity index (χ3v) is 4.96. The number of nitrogens with zero attached hydrogens (tertiary/aromatic N) is 1. The van der Waals surface area contributed by atoms with E-state index in [1.54, 1.807) is 24.3 Å². The molecule has 6 heteroatoms. The Morgan fingerprint density at radius 1 is 1.11 bits per heavy atom. The van der Waals surface area contributed by atoms with Gasteiger partial charge in [-0.1, -0.05) is 39.0 Å². The predicted octanol–water partition coefficient (Wildman–Crippen LogP) is 2.21. The SMILES string of the molecule is CCC(=O)N1CCC([C@H](NC(=O)c2ccccc2)C(=O)NCC(C)C)CC1. The molecule has 2 N–H and O–H groups in total. The minimum Gasteiger partial charge on any atom is -0.354 e. The monoisotopic (exact) mass is 373 g/mol. The fourth-order valence-electron chi connectivity index (χ4n) is 3.33. The van der Waals surface area contributed by atoms with Crippen LogP contribution in [0.1, 0.15) is 50.4 Å². The Kier molecular flexibility index (Phi) is 7.82. The number of hydrogen-bond acceptors (Lipinski definition) is 3. The minimum atomic E-state index is -0.588. The van der Waals surface area contributed by atoms with E-state index in [2.05, 4.69) is 10.6 Å². The van der Waals surface area contributed by atoms with Crippen molar-refractivity contribution in [3.63, 3.8) is 0 Å². The van der Waals surface area contributed by atoms with Crippen LogP contribution in [-0.4, -0.2) is 48.3 Å². The maximum atomic E-state index is 12.8. The van der Waals surface area contributed by atoms with Crippen LogP contribution in [-0.2, 0) is 9.59 Å². The number of amides is 3. The molecule has 27 heavy (non-hydrogen) atoms. The van der Waals surface area contributed by atoms with Crippen LogP contribution in [0.15, 0.2) is 30.3 Å². The number of piperidine rings is 1. The highest BCUT2D eigenvalue weighted by atomic mass is 16.2. The Balaban J connectivity index is 2.07. The molecule has 1 aromatic rings. The average molecular weight is 373 g/mol. The first-order chi connectivity index (χ1) is 12.9. The van der Waals surface area contributed by atoms with Gasteiger partial charge in [-0.3, -0.25) is 14.4 Å². The van der Waals surface area contributed by atoms with Crippen LogP contribution in [0.3, 0.4) is 0 Å². The molecule has 0 aromatic heterocycles. The number of hydrogen-bond donors (Lipinski definition) is 2. The van der Waals surface area contributed by atoms with Gasteiger partial charge >= 0.3 is 0 Å². The van der Waals surface area contributed by atoms with Crippen molar-refractivity contribution < 1.29 is 14.4 Å². The van der Waals surface area contributed by atoms with Gasteiger partial charge in [-0.25, -0.2) is 0 Å². The van der Waals surface area contributed by atoms with E-state index in [0.717, 1.165) is 0 Å². The summed E-state index contributed by atoms with van der Waals surface area (Å²) in [7, 11) is 0. The number of carbonyl (C=O) groups excluding carboxylic acids is 3.